The lowest BCUT2D eigenvalue weighted by atomic mass is 10.1. The second-order valence-corrected chi connectivity index (χ2v) is 5.91. The van der Waals surface area contributed by atoms with E-state index >= 15 is 0 Å². The molecular formula is C16H22F2N2O3. The average Bonchev–Trinajstić information content (AvgIpc) is 2.91. The Kier molecular flexibility index (Phi) is 6.15. The quantitative estimate of drug-likeness (QED) is 0.750. The minimum atomic E-state index is -1.01. The summed E-state index contributed by atoms with van der Waals surface area (Å²) in [4.78, 5) is 11.7. The maximum absolute atomic E-state index is 13.0. The highest BCUT2D eigenvalue weighted by molar-refractivity contribution is 5.74. The highest BCUT2D eigenvalue weighted by Crippen LogP contribution is 2.24. The molecule has 7 heteroatoms. The summed E-state index contributed by atoms with van der Waals surface area (Å²) in [5, 5.41) is 15.2. The second-order valence-electron chi connectivity index (χ2n) is 5.91. The van der Waals surface area contributed by atoms with Crippen molar-refractivity contribution in [2.45, 2.75) is 38.3 Å². The van der Waals surface area contributed by atoms with Crippen molar-refractivity contribution in [3.8, 4) is 5.75 Å². The van der Waals surface area contributed by atoms with Crippen molar-refractivity contribution in [3.05, 3.63) is 29.8 Å². The number of amides is 2. The lowest BCUT2D eigenvalue weighted by Crippen LogP contribution is -2.46. The van der Waals surface area contributed by atoms with E-state index < -0.39 is 17.7 Å². The molecule has 0 saturated heterocycles. The van der Waals surface area contributed by atoms with Gasteiger partial charge in [0.2, 0.25) is 0 Å². The molecule has 2 rings (SSSR count). The molecule has 0 aromatic heterocycles. The minimum Gasteiger partial charge on any atom is -0.491 e. The lowest BCUT2D eigenvalue weighted by Gasteiger charge is -2.19. The number of carbonyl (C=O) groups excluding carboxylic acids is 1. The number of aliphatic hydroxyl groups excluding tert-OH is 1. The Hall–Kier alpha value is -1.89. The number of halogens is 2. The van der Waals surface area contributed by atoms with Crippen LogP contribution in [-0.4, -0.2) is 36.4 Å². The van der Waals surface area contributed by atoms with Crippen molar-refractivity contribution >= 4 is 6.03 Å². The van der Waals surface area contributed by atoms with E-state index in [9.17, 15) is 18.7 Å². The fraction of sp³-hybridized carbons (Fsp3) is 0.562. The zero-order chi connectivity index (χ0) is 16.8. The Balaban J connectivity index is 1.67. The largest absolute Gasteiger partial charge is 0.491 e. The Bertz CT molecular complexity index is 542. The molecule has 1 aromatic rings. The fourth-order valence-corrected chi connectivity index (χ4v) is 2.61. The van der Waals surface area contributed by atoms with Crippen LogP contribution in [-0.2, 0) is 0 Å². The van der Waals surface area contributed by atoms with Crippen LogP contribution < -0.4 is 15.4 Å². The fourth-order valence-electron chi connectivity index (χ4n) is 2.61. The molecule has 1 fully saturated rings. The van der Waals surface area contributed by atoms with E-state index in [1.165, 1.54) is 6.07 Å². The van der Waals surface area contributed by atoms with Crippen LogP contribution in [0.3, 0.4) is 0 Å². The Morgan fingerprint density at radius 1 is 1.39 bits per heavy atom. The van der Waals surface area contributed by atoms with Crippen LogP contribution in [0, 0.1) is 17.6 Å². The molecule has 5 nitrogen and oxygen atoms in total. The summed E-state index contributed by atoms with van der Waals surface area (Å²) in [6.07, 6.45) is 2.23. The van der Waals surface area contributed by atoms with Crippen LogP contribution in [0.5, 0.6) is 5.75 Å². The van der Waals surface area contributed by atoms with Crippen LogP contribution >= 0.6 is 0 Å². The van der Waals surface area contributed by atoms with Crippen molar-refractivity contribution in [2.75, 3.05) is 13.2 Å². The summed E-state index contributed by atoms with van der Waals surface area (Å²) >= 11 is 0. The Labute approximate surface area is 134 Å². The van der Waals surface area contributed by atoms with Gasteiger partial charge in [-0.3, -0.25) is 0 Å². The van der Waals surface area contributed by atoms with Crippen LogP contribution in [0.15, 0.2) is 18.2 Å². The summed E-state index contributed by atoms with van der Waals surface area (Å²) in [6.45, 7) is 1.98. The number of urea groups is 1. The molecule has 3 atom stereocenters. The van der Waals surface area contributed by atoms with E-state index in [0.29, 0.717) is 5.92 Å². The van der Waals surface area contributed by atoms with Crippen LogP contribution in [0.1, 0.15) is 26.2 Å². The molecule has 1 aliphatic carbocycles. The number of carbonyl (C=O) groups is 1. The average molecular weight is 328 g/mol. The number of nitrogens with one attached hydrogen (secondary N) is 2. The van der Waals surface area contributed by atoms with Crippen LogP contribution in [0.2, 0.25) is 0 Å². The van der Waals surface area contributed by atoms with Gasteiger partial charge in [-0.05, 0) is 30.9 Å². The molecule has 23 heavy (non-hydrogen) atoms. The number of ether oxygens (including phenoxy) is 1. The molecule has 1 aliphatic rings. The molecule has 2 amide bonds. The maximum Gasteiger partial charge on any atom is 0.315 e. The van der Waals surface area contributed by atoms with Crippen LogP contribution in [0.25, 0.3) is 0 Å². The molecule has 0 heterocycles. The summed E-state index contributed by atoms with van der Waals surface area (Å²) < 4.78 is 30.9. The van der Waals surface area contributed by atoms with Crippen molar-refractivity contribution < 1.29 is 23.4 Å². The van der Waals surface area contributed by atoms with Crippen molar-refractivity contribution in [1.29, 1.82) is 0 Å². The standard InChI is InChI=1S/C16H22F2N2O3/c1-10-3-2-4-15(10)20-16(22)19-8-11(21)9-23-12-5-6-13(17)14(18)7-12/h5-7,10-11,15,21H,2-4,8-9H2,1H3,(H2,19,20,22). The third kappa shape index (κ3) is 5.35. The lowest BCUT2D eigenvalue weighted by molar-refractivity contribution is 0.107. The van der Waals surface area contributed by atoms with Gasteiger partial charge in [0.15, 0.2) is 11.6 Å². The SMILES string of the molecule is CC1CCCC1NC(=O)NCC(O)COc1ccc(F)c(F)c1. The first-order valence-electron chi connectivity index (χ1n) is 7.76. The van der Waals surface area contributed by atoms with E-state index in [2.05, 4.69) is 17.6 Å². The summed E-state index contributed by atoms with van der Waals surface area (Å²) in [6, 6.07) is 2.98. The first kappa shape index (κ1) is 17.5. The highest BCUT2D eigenvalue weighted by atomic mass is 19.2. The van der Waals surface area contributed by atoms with E-state index in [1.54, 1.807) is 0 Å². The van der Waals surface area contributed by atoms with E-state index in [4.69, 9.17) is 4.74 Å². The van der Waals surface area contributed by atoms with Crippen molar-refractivity contribution in [1.82, 2.24) is 10.6 Å². The number of hydrogen-bond acceptors (Lipinski definition) is 3. The third-order valence-electron chi connectivity index (χ3n) is 4.01. The Morgan fingerprint density at radius 2 is 2.17 bits per heavy atom. The van der Waals surface area contributed by atoms with Gasteiger partial charge in [-0.2, -0.15) is 0 Å². The summed E-state index contributed by atoms with van der Waals surface area (Å²) in [5.41, 5.74) is 0. The molecule has 0 spiro atoms. The van der Waals surface area contributed by atoms with Crippen molar-refractivity contribution in [2.24, 2.45) is 5.92 Å². The zero-order valence-corrected chi connectivity index (χ0v) is 13.0. The number of benzene rings is 1. The highest BCUT2D eigenvalue weighted by Gasteiger charge is 2.24. The molecule has 0 aliphatic heterocycles. The first-order valence-corrected chi connectivity index (χ1v) is 7.76. The normalized spacial score (nSPS) is 21.7. The first-order chi connectivity index (χ1) is 11.0. The van der Waals surface area contributed by atoms with Gasteiger partial charge in [0, 0.05) is 18.7 Å². The number of aliphatic hydroxyl groups is 1. The molecule has 3 unspecified atom stereocenters. The minimum absolute atomic E-state index is 0.0105. The smallest absolute Gasteiger partial charge is 0.315 e. The topological polar surface area (TPSA) is 70.6 Å². The van der Waals surface area contributed by atoms with Gasteiger partial charge in [-0.1, -0.05) is 13.3 Å². The van der Waals surface area contributed by atoms with E-state index in [1.807, 2.05) is 0 Å². The molecular weight excluding hydrogens is 306 g/mol. The van der Waals surface area contributed by atoms with Gasteiger partial charge in [0.05, 0.1) is 0 Å². The predicted molar refractivity (Wildman–Crippen MR) is 81.2 cm³/mol. The molecule has 0 radical (unpaired) electrons. The van der Waals surface area contributed by atoms with Gasteiger partial charge in [0.1, 0.15) is 18.5 Å². The zero-order valence-electron chi connectivity index (χ0n) is 13.0. The molecule has 128 valence electrons. The Morgan fingerprint density at radius 3 is 2.83 bits per heavy atom. The monoisotopic (exact) mass is 328 g/mol. The van der Waals surface area contributed by atoms with Gasteiger partial charge >= 0.3 is 6.03 Å². The maximum atomic E-state index is 13.0. The third-order valence-corrected chi connectivity index (χ3v) is 4.01. The molecule has 1 aromatic carbocycles. The van der Waals surface area contributed by atoms with Gasteiger partial charge < -0.3 is 20.5 Å². The van der Waals surface area contributed by atoms with Gasteiger partial charge in [0.25, 0.3) is 0 Å². The van der Waals surface area contributed by atoms with E-state index in [-0.39, 0.29) is 31.0 Å². The van der Waals surface area contributed by atoms with Crippen LogP contribution in [0.4, 0.5) is 13.6 Å². The molecule has 0 bridgehead atoms. The predicted octanol–water partition coefficient (Wildman–Crippen LogP) is 2.19. The number of hydrogen-bond donors (Lipinski definition) is 3. The number of rotatable bonds is 6. The molecule has 3 N–H and O–H groups in total. The van der Waals surface area contributed by atoms with Crippen molar-refractivity contribution in [3.63, 3.8) is 0 Å². The summed E-state index contributed by atoms with van der Waals surface area (Å²) in [7, 11) is 0. The van der Waals surface area contributed by atoms with Gasteiger partial charge in [-0.25, -0.2) is 13.6 Å². The van der Waals surface area contributed by atoms with E-state index in [0.717, 1.165) is 31.4 Å². The second kappa shape index (κ2) is 8.10. The van der Waals surface area contributed by atoms with Gasteiger partial charge in [-0.15, -0.1) is 0 Å². The summed E-state index contributed by atoms with van der Waals surface area (Å²) in [5.74, 6) is -1.40. The molecule has 1 saturated carbocycles.